The van der Waals surface area contributed by atoms with E-state index in [-0.39, 0.29) is 18.3 Å². The highest BCUT2D eigenvalue weighted by molar-refractivity contribution is 9.10. The maximum absolute atomic E-state index is 12.4. The molecule has 0 aliphatic rings. The molecule has 3 aromatic rings. The van der Waals surface area contributed by atoms with Crippen LogP contribution in [0.15, 0.2) is 69.6 Å². The number of carbonyl (C=O) groups is 1. The van der Waals surface area contributed by atoms with Gasteiger partial charge in [-0.25, -0.2) is 0 Å². The van der Waals surface area contributed by atoms with E-state index in [0.29, 0.717) is 29.6 Å². The number of benzene rings is 2. The van der Waals surface area contributed by atoms with E-state index in [2.05, 4.69) is 21.2 Å². The molecule has 1 heterocycles. The Balaban J connectivity index is 1.64. The Morgan fingerprint density at radius 2 is 1.73 bits per heavy atom. The average molecular weight is 416 g/mol. The van der Waals surface area contributed by atoms with Crippen LogP contribution in [0, 0.1) is 0 Å². The third kappa shape index (κ3) is 4.46. The fraction of sp³-hybridized carbons (Fsp3) is 0.150. The largest absolute Gasteiger partial charge is 0.492 e. The van der Waals surface area contributed by atoms with Crippen molar-refractivity contribution in [3.8, 4) is 11.5 Å². The highest BCUT2D eigenvalue weighted by atomic mass is 79.9. The Morgan fingerprint density at radius 1 is 1.00 bits per heavy atom. The number of furan rings is 1. The summed E-state index contributed by atoms with van der Waals surface area (Å²) in [5, 5.41) is 2.80. The fourth-order valence-electron chi connectivity index (χ4n) is 2.32. The Bertz CT molecular complexity index is 891. The lowest BCUT2D eigenvalue weighted by Crippen LogP contribution is -2.12. The number of ether oxygens (including phenoxy) is 2. The molecule has 0 saturated carbocycles. The quantitative estimate of drug-likeness (QED) is 0.570. The van der Waals surface area contributed by atoms with Crippen LogP contribution in [0.2, 0.25) is 0 Å². The summed E-state index contributed by atoms with van der Waals surface area (Å²) in [6.45, 7) is 2.64. The lowest BCUT2D eigenvalue weighted by molar-refractivity contribution is 0.0992. The monoisotopic (exact) mass is 415 g/mol. The van der Waals surface area contributed by atoms with Crippen LogP contribution in [0.5, 0.6) is 11.5 Å². The minimum absolute atomic E-state index is 0.210. The Hall–Kier alpha value is -2.73. The number of halogens is 1. The van der Waals surface area contributed by atoms with Gasteiger partial charge in [0.25, 0.3) is 5.91 Å². The van der Waals surface area contributed by atoms with Gasteiger partial charge in [0, 0.05) is 0 Å². The first kappa shape index (κ1) is 18.1. The van der Waals surface area contributed by atoms with Crippen LogP contribution in [-0.2, 0) is 6.61 Å². The molecule has 0 atom stereocenters. The summed E-state index contributed by atoms with van der Waals surface area (Å²) in [6, 6.07) is 18.2. The molecule has 6 heteroatoms. The molecular weight excluding hydrogens is 398 g/mol. The average Bonchev–Trinajstić information content (AvgIpc) is 3.12. The van der Waals surface area contributed by atoms with Gasteiger partial charge in [-0.05, 0) is 59.3 Å². The number of carbonyl (C=O) groups excluding carboxylic acids is 1. The van der Waals surface area contributed by atoms with E-state index in [9.17, 15) is 4.79 Å². The Labute approximate surface area is 160 Å². The molecule has 134 valence electrons. The number of hydrogen-bond donors (Lipinski definition) is 1. The predicted molar refractivity (Wildman–Crippen MR) is 103 cm³/mol. The number of para-hydroxylation sites is 3. The molecule has 1 N–H and O–H groups in total. The Morgan fingerprint density at radius 3 is 2.50 bits per heavy atom. The van der Waals surface area contributed by atoms with Gasteiger partial charge in [0.05, 0.1) is 16.8 Å². The minimum Gasteiger partial charge on any atom is -0.492 e. The van der Waals surface area contributed by atoms with Crippen LogP contribution in [0.4, 0.5) is 5.69 Å². The van der Waals surface area contributed by atoms with Crippen LogP contribution < -0.4 is 14.8 Å². The van der Waals surface area contributed by atoms with E-state index in [1.165, 1.54) is 0 Å². The van der Waals surface area contributed by atoms with Gasteiger partial charge in [0.15, 0.2) is 5.76 Å². The number of anilines is 1. The molecule has 0 aliphatic carbocycles. The maximum Gasteiger partial charge on any atom is 0.291 e. The van der Waals surface area contributed by atoms with E-state index in [0.717, 1.165) is 4.47 Å². The van der Waals surface area contributed by atoms with Crippen molar-refractivity contribution in [3.05, 3.63) is 76.7 Å². The molecule has 2 aromatic carbocycles. The van der Waals surface area contributed by atoms with Crippen molar-refractivity contribution in [2.45, 2.75) is 13.5 Å². The van der Waals surface area contributed by atoms with Crippen LogP contribution in [-0.4, -0.2) is 12.5 Å². The molecule has 3 rings (SSSR count). The van der Waals surface area contributed by atoms with Crippen molar-refractivity contribution < 1.29 is 18.7 Å². The first-order valence-electron chi connectivity index (χ1n) is 8.16. The molecule has 1 amide bonds. The highest BCUT2D eigenvalue weighted by Crippen LogP contribution is 2.26. The van der Waals surface area contributed by atoms with E-state index < -0.39 is 0 Å². The van der Waals surface area contributed by atoms with Crippen LogP contribution in [0.1, 0.15) is 23.2 Å². The second-order valence-corrected chi connectivity index (χ2v) is 6.22. The number of amides is 1. The van der Waals surface area contributed by atoms with Crippen LogP contribution in [0.25, 0.3) is 0 Å². The fourth-order valence-corrected chi connectivity index (χ4v) is 2.72. The third-order valence-electron chi connectivity index (χ3n) is 3.53. The molecule has 0 fully saturated rings. The molecule has 0 radical (unpaired) electrons. The first-order valence-corrected chi connectivity index (χ1v) is 8.96. The van der Waals surface area contributed by atoms with Gasteiger partial charge in [-0.3, -0.25) is 4.79 Å². The van der Waals surface area contributed by atoms with E-state index >= 15 is 0 Å². The molecule has 1 aromatic heterocycles. The first-order chi connectivity index (χ1) is 12.7. The van der Waals surface area contributed by atoms with Gasteiger partial charge in [0.2, 0.25) is 0 Å². The summed E-state index contributed by atoms with van der Waals surface area (Å²) in [6.07, 6.45) is 0. The van der Waals surface area contributed by atoms with Crippen molar-refractivity contribution in [2.75, 3.05) is 11.9 Å². The molecule has 0 spiro atoms. The van der Waals surface area contributed by atoms with Gasteiger partial charge in [-0.1, -0.05) is 24.3 Å². The van der Waals surface area contributed by atoms with Gasteiger partial charge < -0.3 is 19.2 Å². The summed E-state index contributed by atoms with van der Waals surface area (Å²) in [4.78, 5) is 12.4. The van der Waals surface area contributed by atoms with Gasteiger partial charge >= 0.3 is 0 Å². The normalized spacial score (nSPS) is 10.4. The highest BCUT2D eigenvalue weighted by Gasteiger charge is 2.14. The van der Waals surface area contributed by atoms with E-state index in [1.54, 1.807) is 24.3 Å². The molecule has 0 aliphatic heterocycles. The summed E-state index contributed by atoms with van der Waals surface area (Å²) in [5.41, 5.74) is 0.599. The molecule has 26 heavy (non-hydrogen) atoms. The number of rotatable bonds is 7. The second-order valence-electron chi connectivity index (χ2n) is 5.37. The Kier molecular flexibility index (Phi) is 5.96. The summed E-state index contributed by atoms with van der Waals surface area (Å²) in [7, 11) is 0. The predicted octanol–water partition coefficient (Wildman–Crippen LogP) is 5.27. The summed E-state index contributed by atoms with van der Waals surface area (Å²) < 4.78 is 17.6. The maximum atomic E-state index is 12.4. The number of hydrogen-bond acceptors (Lipinski definition) is 4. The lowest BCUT2D eigenvalue weighted by atomic mass is 10.3. The zero-order valence-corrected chi connectivity index (χ0v) is 15.8. The summed E-state index contributed by atoms with van der Waals surface area (Å²) in [5.74, 6) is 1.75. The van der Waals surface area contributed by atoms with Crippen molar-refractivity contribution in [2.24, 2.45) is 0 Å². The van der Waals surface area contributed by atoms with Crippen LogP contribution in [0.3, 0.4) is 0 Å². The number of nitrogens with one attached hydrogen (secondary N) is 1. The standard InChI is InChI=1S/C20H18BrNO4/c1-2-24-18-10-6-4-8-16(18)22-20(23)19-12-11-14(26-19)13-25-17-9-5-3-7-15(17)21/h3-12H,2,13H2,1H3,(H,22,23). The molecular formula is C20H18BrNO4. The molecule has 0 saturated heterocycles. The summed E-state index contributed by atoms with van der Waals surface area (Å²) >= 11 is 3.42. The third-order valence-corrected chi connectivity index (χ3v) is 4.18. The minimum atomic E-state index is -0.343. The van der Waals surface area contributed by atoms with Crippen molar-refractivity contribution in [3.63, 3.8) is 0 Å². The zero-order valence-electron chi connectivity index (χ0n) is 14.2. The van der Waals surface area contributed by atoms with E-state index in [1.807, 2.05) is 43.3 Å². The van der Waals surface area contributed by atoms with Gasteiger partial charge in [-0.2, -0.15) is 0 Å². The molecule has 5 nitrogen and oxygen atoms in total. The molecule has 0 bridgehead atoms. The van der Waals surface area contributed by atoms with Gasteiger partial charge in [0.1, 0.15) is 23.9 Å². The topological polar surface area (TPSA) is 60.7 Å². The lowest BCUT2D eigenvalue weighted by Gasteiger charge is -2.10. The zero-order chi connectivity index (χ0) is 18.4. The van der Waals surface area contributed by atoms with E-state index in [4.69, 9.17) is 13.9 Å². The van der Waals surface area contributed by atoms with Crippen molar-refractivity contribution in [1.29, 1.82) is 0 Å². The molecule has 0 unspecified atom stereocenters. The second kappa shape index (κ2) is 8.58. The smallest absolute Gasteiger partial charge is 0.291 e. The SMILES string of the molecule is CCOc1ccccc1NC(=O)c1ccc(COc2ccccc2Br)o1. The van der Waals surface area contributed by atoms with Crippen LogP contribution >= 0.6 is 15.9 Å². The van der Waals surface area contributed by atoms with Crippen molar-refractivity contribution >= 4 is 27.5 Å². The van der Waals surface area contributed by atoms with Crippen molar-refractivity contribution in [1.82, 2.24) is 0 Å². The van der Waals surface area contributed by atoms with Gasteiger partial charge in [-0.15, -0.1) is 0 Å².